The van der Waals surface area contributed by atoms with Gasteiger partial charge in [-0.1, -0.05) is 32.8 Å². The summed E-state index contributed by atoms with van der Waals surface area (Å²) in [5, 5.41) is 15.6. The average Bonchev–Trinajstić information content (AvgIpc) is 3.02. The zero-order valence-electron chi connectivity index (χ0n) is 18.2. The van der Waals surface area contributed by atoms with Gasteiger partial charge in [0, 0.05) is 18.8 Å². The van der Waals surface area contributed by atoms with Gasteiger partial charge in [-0.15, -0.1) is 0 Å². The van der Waals surface area contributed by atoms with Crippen LogP contribution >= 0.6 is 0 Å². The largest absolute Gasteiger partial charge is 0.853 e. The van der Waals surface area contributed by atoms with E-state index in [-0.39, 0.29) is 11.9 Å². The van der Waals surface area contributed by atoms with E-state index in [2.05, 4.69) is 24.2 Å². The van der Waals surface area contributed by atoms with E-state index in [1.54, 1.807) is 15.2 Å². The molecule has 1 aromatic heterocycles. The molecule has 7 nitrogen and oxygen atoms in total. The number of aliphatic imine (C=N–C) groups is 1. The lowest BCUT2D eigenvalue weighted by Crippen LogP contribution is -2.39. The predicted molar refractivity (Wildman–Crippen MR) is 114 cm³/mol. The number of imidazole rings is 1. The van der Waals surface area contributed by atoms with Crippen molar-refractivity contribution in [1.29, 1.82) is 0 Å². The highest BCUT2D eigenvalue weighted by Gasteiger charge is 2.14. The van der Waals surface area contributed by atoms with Gasteiger partial charge in [-0.2, -0.15) is 0 Å². The minimum Gasteiger partial charge on any atom is -0.853 e. The van der Waals surface area contributed by atoms with Crippen LogP contribution < -0.4 is 15.0 Å². The molecule has 158 valence electrons. The van der Waals surface area contributed by atoms with Gasteiger partial charge >= 0.3 is 6.03 Å². The normalized spacial score (nSPS) is 11.6. The van der Waals surface area contributed by atoms with Gasteiger partial charge in [0.15, 0.2) is 0 Å². The van der Waals surface area contributed by atoms with Crippen LogP contribution in [0.25, 0.3) is 0 Å². The summed E-state index contributed by atoms with van der Waals surface area (Å²) in [5.41, 5.74) is 2.08. The third kappa shape index (κ3) is 6.07. The Morgan fingerprint density at radius 1 is 1.24 bits per heavy atom. The summed E-state index contributed by atoms with van der Waals surface area (Å²) in [6.07, 6.45) is 7.67. The molecule has 2 amide bonds. The van der Waals surface area contributed by atoms with Crippen LogP contribution in [0.5, 0.6) is 0 Å². The van der Waals surface area contributed by atoms with Gasteiger partial charge in [0.1, 0.15) is 12.4 Å². The van der Waals surface area contributed by atoms with E-state index < -0.39 is 0 Å². The smallest absolute Gasteiger partial charge is 0.321 e. The summed E-state index contributed by atoms with van der Waals surface area (Å²) in [6.45, 7) is 7.63. The van der Waals surface area contributed by atoms with E-state index in [4.69, 9.17) is 0 Å². The van der Waals surface area contributed by atoms with Gasteiger partial charge in [-0.25, -0.2) is 13.9 Å². The molecule has 29 heavy (non-hydrogen) atoms. The third-order valence-corrected chi connectivity index (χ3v) is 4.91. The molecule has 0 fully saturated rings. The van der Waals surface area contributed by atoms with Crippen LogP contribution in [0.1, 0.15) is 50.9 Å². The fourth-order valence-corrected chi connectivity index (χ4v) is 3.07. The third-order valence-electron chi connectivity index (χ3n) is 4.91. The zero-order valence-corrected chi connectivity index (χ0v) is 18.2. The summed E-state index contributed by atoms with van der Waals surface area (Å²) >= 11 is 0. The summed E-state index contributed by atoms with van der Waals surface area (Å²) in [6, 6.07) is 5.36. The maximum Gasteiger partial charge on any atom is 0.321 e. The molecular weight excluding hydrogens is 366 g/mol. The number of unbranched alkanes of at least 4 members (excludes halogenated alkanes) is 2. The van der Waals surface area contributed by atoms with Crippen LogP contribution in [-0.2, 0) is 14.1 Å². The average molecular weight is 400 g/mol. The minimum atomic E-state index is -0.320. The molecule has 0 unspecified atom stereocenters. The van der Waals surface area contributed by atoms with E-state index in [1.165, 1.54) is 0 Å². The van der Waals surface area contributed by atoms with Crippen LogP contribution in [0.4, 0.5) is 16.2 Å². The Labute approximate surface area is 173 Å². The second-order valence-electron chi connectivity index (χ2n) is 7.39. The molecule has 2 aromatic rings. The molecule has 0 spiro atoms. The number of amides is 2. The van der Waals surface area contributed by atoms with Gasteiger partial charge in [-0.3, -0.25) is 4.99 Å². The molecule has 0 radical (unpaired) electrons. The van der Waals surface area contributed by atoms with Crippen LogP contribution in [0.15, 0.2) is 35.6 Å². The van der Waals surface area contributed by atoms with Gasteiger partial charge in [0.05, 0.1) is 25.7 Å². The number of urea groups is 1. The molecule has 0 aliphatic rings. The topological polar surface area (TPSA) is 76.6 Å². The summed E-state index contributed by atoms with van der Waals surface area (Å²) < 4.78 is 3.48. The van der Waals surface area contributed by atoms with Crippen molar-refractivity contribution in [3.05, 3.63) is 42.0 Å². The highest BCUT2D eigenvalue weighted by molar-refractivity contribution is 5.91. The Hall–Kier alpha value is -2.83. The maximum atomic E-state index is 12.7. The van der Waals surface area contributed by atoms with Crippen molar-refractivity contribution in [2.45, 2.75) is 46.5 Å². The van der Waals surface area contributed by atoms with Gasteiger partial charge < -0.3 is 15.3 Å². The Morgan fingerprint density at radius 3 is 2.45 bits per heavy atom. The van der Waals surface area contributed by atoms with E-state index >= 15 is 0 Å². The Kier molecular flexibility index (Phi) is 8.24. The number of hydrogen-bond acceptors (Lipinski definition) is 3. The number of rotatable bonds is 9. The number of carbonyl (C=O) groups is 1. The molecule has 7 heteroatoms. The number of aryl methyl sites for hydroxylation is 3. The van der Waals surface area contributed by atoms with Crippen molar-refractivity contribution < 1.29 is 14.5 Å². The molecular formula is C22H33N5O2. The van der Waals surface area contributed by atoms with Crippen molar-refractivity contribution in [3.63, 3.8) is 0 Å². The number of nitrogens with zero attached hydrogens (tertiary/aromatic N) is 4. The lowest BCUT2D eigenvalue weighted by Gasteiger charge is -2.23. The molecule has 0 saturated heterocycles. The van der Waals surface area contributed by atoms with Crippen LogP contribution in [-0.4, -0.2) is 34.5 Å². The first-order valence-electron chi connectivity index (χ1n) is 10.3. The van der Waals surface area contributed by atoms with Crippen LogP contribution in [0, 0.1) is 6.92 Å². The fourth-order valence-electron chi connectivity index (χ4n) is 3.07. The molecule has 0 saturated carbocycles. The van der Waals surface area contributed by atoms with Gasteiger partial charge in [0.2, 0.25) is 0 Å². The lowest BCUT2D eigenvalue weighted by molar-refractivity contribution is -0.674. The van der Waals surface area contributed by atoms with E-state index in [0.717, 1.165) is 44.3 Å². The fraction of sp³-hybridized carbons (Fsp3) is 0.500. The van der Waals surface area contributed by atoms with Crippen molar-refractivity contribution >= 4 is 23.3 Å². The zero-order chi connectivity index (χ0) is 21.4. The summed E-state index contributed by atoms with van der Waals surface area (Å²) in [7, 11) is 3.63. The van der Waals surface area contributed by atoms with E-state index in [0.29, 0.717) is 17.2 Å². The Morgan fingerprint density at radius 2 is 1.90 bits per heavy atom. The van der Waals surface area contributed by atoms with Crippen LogP contribution in [0.2, 0.25) is 0 Å². The molecule has 2 rings (SSSR count). The number of aromatic nitrogens is 2. The highest BCUT2D eigenvalue weighted by atomic mass is 16.3. The predicted octanol–water partition coefficient (Wildman–Crippen LogP) is 3.03. The number of benzene rings is 1. The molecule has 0 aliphatic heterocycles. The van der Waals surface area contributed by atoms with E-state index in [9.17, 15) is 9.90 Å². The second-order valence-corrected chi connectivity index (χ2v) is 7.39. The van der Waals surface area contributed by atoms with Crippen molar-refractivity contribution in [2.24, 2.45) is 19.1 Å². The highest BCUT2D eigenvalue weighted by Crippen LogP contribution is 2.24. The standard InChI is InChI=1S/C22H33N5O2/c1-6-8-12-27(13-9-7-2)22(29)23-18-11-10-17(3)19(16-18)24-20(28)21-25(4)14-15-26(21)5/h10-11,14-16H,6-9,12-13H2,1-5H3,(H-,23,24,28,29). The summed E-state index contributed by atoms with van der Waals surface area (Å²) in [4.78, 5) is 18.9. The first-order chi connectivity index (χ1) is 13.9. The first-order valence-corrected chi connectivity index (χ1v) is 10.3. The number of nitrogens with one attached hydrogen (secondary N) is 1. The van der Waals surface area contributed by atoms with Crippen molar-refractivity contribution in [3.8, 4) is 0 Å². The lowest BCUT2D eigenvalue weighted by atomic mass is 10.2. The number of carbonyl (C=O) groups excluding carboxylic acids is 1. The van der Waals surface area contributed by atoms with E-state index in [1.807, 2.05) is 50.4 Å². The first kappa shape index (κ1) is 22.5. The molecule has 1 heterocycles. The molecule has 0 bridgehead atoms. The van der Waals surface area contributed by atoms with Crippen molar-refractivity contribution in [1.82, 2.24) is 9.47 Å². The molecule has 0 atom stereocenters. The Bertz CT molecular complexity index is 829. The van der Waals surface area contributed by atoms with Crippen LogP contribution in [0.3, 0.4) is 0 Å². The molecule has 1 N–H and O–H groups in total. The quantitative estimate of drug-likeness (QED) is 0.400. The monoisotopic (exact) mass is 399 g/mol. The van der Waals surface area contributed by atoms with Gasteiger partial charge in [-0.05, 0) is 37.5 Å². The molecule has 1 aromatic carbocycles. The summed E-state index contributed by atoms with van der Waals surface area (Å²) in [5.74, 6) is 0.170. The van der Waals surface area contributed by atoms with Gasteiger partial charge in [0.25, 0.3) is 5.82 Å². The van der Waals surface area contributed by atoms with Crippen molar-refractivity contribution in [2.75, 3.05) is 18.4 Å². The number of anilines is 1. The minimum absolute atomic E-state index is 0.109. The Balaban J connectivity index is 2.21. The second kappa shape index (κ2) is 10.6. The SMILES string of the molecule is CCCCN(CCCC)C(=O)Nc1ccc(C)c(/N=C(\[O-])c2n(C)cc[n+]2C)c1. The number of hydrogen-bond donors (Lipinski definition) is 1. The molecule has 0 aliphatic carbocycles. The maximum absolute atomic E-state index is 12.7.